The maximum atomic E-state index is 2.60. The summed E-state index contributed by atoms with van der Waals surface area (Å²) in [5.41, 5.74) is 0. The second kappa shape index (κ2) is 11.0. The van der Waals surface area contributed by atoms with Crippen LogP contribution in [0.25, 0.3) is 0 Å². The summed E-state index contributed by atoms with van der Waals surface area (Å²) in [4.78, 5) is 2.60. The van der Waals surface area contributed by atoms with Crippen LogP contribution in [0.2, 0.25) is 0 Å². The third kappa shape index (κ3) is 8.55. The fraction of sp³-hybridized carbons (Fsp3) is 1.00. The predicted octanol–water partition coefficient (Wildman–Crippen LogP) is 4.08. The largest absolute Gasteiger partial charge is 0.303 e. The van der Waals surface area contributed by atoms with Crippen LogP contribution in [-0.2, 0) is 0 Å². The van der Waals surface area contributed by atoms with Crippen LogP contribution in [0.5, 0.6) is 0 Å². The third-order valence-electron chi connectivity index (χ3n) is 2.78. The summed E-state index contributed by atoms with van der Waals surface area (Å²) >= 11 is 0. The van der Waals surface area contributed by atoms with Crippen molar-refractivity contribution in [3.05, 3.63) is 0 Å². The Labute approximate surface area is 90.9 Å². The lowest BCUT2D eigenvalue weighted by molar-refractivity contribution is 0.226. The molecule has 1 rings (SSSR count). The zero-order valence-corrected chi connectivity index (χ0v) is 10.5. The number of hydrogen-bond acceptors (Lipinski definition) is 1. The van der Waals surface area contributed by atoms with Gasteiger partial charge in [0.15, 0.2) is 0 Å². The Kier molecular flexibility index (Phi) is 11.0. The smallest absolute Gasteiger partial charge is 0.00187 e. The van der Waals surface area contributed by atoms with Gasteiger partial charge in [0.2, 0.25) is 0 Å². The Morgan fingerprint density at radius 2 is 1.36 bits per heavy atom. The maximum Gasteiger partial charge on any atom is -0.00187 e. The van der Waals surface area contributed by atoms with Crippen LogP contribution in [0.3, 0.4) is 0 Å². The molecule has 14 heavy (non-hydrogen) atoms. The highest BCUT2D eigenvalue weighted by molar-refractivity contribution is 4.63. The van der Waals surface area contributed by atoms with Crippen molar-refractivity contribution in [3.8, 4) is 0 Å². The summed E-state index contributed by atoms with van der Waals surface area (Å²) in [6, 6.07) is 0. The van der Waals surface area contributed by atoms with Gasteiger partial charge in [0.05, 0.1) is 0 Å². The maximum absolute atomic E-state index is 2.60. The zero-order chi connectivity index (χ0) is 10.6. The Morgan fingerprint density at radius 3 is 1.79 bits per heavy atom. The second-order valence-electron chi connectivity index (χ2n) is 4.26. The van der Waals surface area contributed by atoms with Gasteiger partial charge in [-0.25, -0.2) is 0 Å². The average molecular weight is 199 g/mol. The molecule has 1 aliphatic heterocycles. The van der Waals surface area contributed by atoms with E-state index in [1.165, 1.54) is 64.6 Å². The molecule has 0 aromatic rings. The minimum absolute atomic E-state index is 1.32. The Hall–Kier alpha value is -0.0400. The minimum atomic E-state index is 1.32. The van der Waals surface area contributed by atoms with Crippen molar-refractivity contribution in [2.75, 3.05) is 19.6 Å². The molecule has 0 unspecified atom stereocenters. The molecule has 0 aliphatic carbocycles. The number of unbranched alkanes of at least 4 members (excludes halogenated alkanes) is 2. The first kappa shape index (κ1) is 14.0. The molecule has 0 aromatic carbocycles. The van der Waals surface area contributed by atoms with Crippen LogP contribution in [0, 0.1) is 0 Å². The van der Waals surface area contributed by atoms with E-state index in [2.05, 4.69) is 25.7 Å². The average Bonchev–Trinajstić information content (AvgIpc) is 2.28. The van der Waals surface area contributed by atoms with E-state index in [0.29, 0.717) is 0 Å². The van der Waals surface area contributed by atoms with Gasteiger partial charge in [-0.2, -0.15) is 0 Å². The molecule has 1 heteroatoms. The van der Waals surface area contributed by atoms with Crippen LogP contribution in [0.4, 0.5) is 0 Å². The lowest BCUT2D eigenvalue weighted by Crippen LogP contribution is -2.30. The lowest BCUT2D eigenvalue weighted by atomic mass is 10.1. The van der Waals surface area contributed by atoms with Crippen molar-refractivity contribution >= 4 is 0 Å². The van der Waals surface area contributed by atoms with Crippen molar-refractivity contribution in [2.24, 2.45) is 0 Å². The number of rotatable bonds is 4. The Balaban J connectivity index is 0.000000364. The van der Waals surface area contributed by atoms with Gasteiger partial charge in [0, 0.05) is 0 Å². The van der Waals surface area contributed by atoms with Crippen LogP contribution in [-0.4, -0.2) is 24.5 Å². The third-order valence-corrected chi connectivity index (χ3v) is 2.78. The van der Waals surface area contributed by atoms with Crippen molar-refractivity contribution < 1.29 is 0 Å². The molecule has 0 bridgehead atoms. The Bertz CT molecular complexity index is 93.4. The molecular weight excluding hydrogens is 170 g/mol. The SMILES string of the molecule is CCCC.CCCCN1CCCCC1. The molecular formula is C13H29N. The molecule has 0 N–H and O–H groups in total. The second-order valence-corrected chi connectivity index (χ2v) is 4.26. The molecule has 1 heterocycles. The molecule has 1 nitrogen and oxygen atoms in total. The molecule has 1 saturated heterocycles. The summed E-state index contributed by atoms with van der Waals surface area (Å²) in [5, 5.41) is 0. The van der Waals surface area contributed by atoms with E-state index in [1.807, 2.05) is 0 Å². The van der Waals surface area contributed by atoms with Crippen LogP contribution >= 0.6 is 0 Å². The summed E-state index contributed by atoms with van der Waals surface area (Å²) in [6.45, 7) is 10.7. The van der Waals surface area contributed by atoms with Gasteiger partial charge in [-0.05, 0) is 38.9 Å². The van der Waals surface area contributed by atoms with Gasteiger partial charge in [-0.15, -0.1) is 0 Å². The Morgan fingerprint density at radius 1 is 0.786 bits per heavy atom. The fourth-order valence-electron chi connectivity index (χ4n) is 1.56. The molecule has 0 saturated carbocycles. The number of likely N-dealkylation sites (tertiary alicyclic amines) is 1. The summed E-state index contributed by atoms with van der Waals surface area (Å²) < 4.78 is 0. The molecule has 0 spiro atoms. The molecule has 86 valence electrons. The lowest BCUT2D eigenvalue weighted by Gasteiger charge is -2.25. The summed E-state index contributed by atoms with van der Waals surface area (Å²) in [7, 11) is 0. The van der Waals surface area contributed by atoms with Crippen molar-refractivity contribution in [2.45, 2.75) is 65.7 Å². The summed E-state index contributed by atoms with van der Waals surface area (Å²) in [5.74, 6) is 0. The van der Waals surface area contributed by atoms with Gasteiger partial charge in [0.25, 0.3) is 0 Å². The van der Waals surface area contributed by atoms with E-state index in [1.54, 1.807) is 0 Å². The monoisotopic (exact) mass is 199 g/mol. The first-order chi connectivity index (χ1) is 6.85. The van der Waals surface area contributed by atoms with E-state index in [9.17, 15) is 0 Å². The number of piperidine rings is 1. The molecule has 1 fully saturated rings. The summed E-state index contributed by atoms with van der Waals surface area (Å²) in [6.07, 6.45) is 9.70. The van der Waals surface area contributed by atoms with Gasteiger partial charge in [-0.1, -0.05) is 46.5 Å². The highest BCUT2D eigenvalue weighted by Gasteiger charge is 2.07. The molecule has 1 aliphatic rings. The van der Waals surface area contributed by atoms with Crippen molar-refractivity contribution in [1.82, 2.24) is 4.90 Å². The van der Waals surface area contributed by atoms with Gasteiger partial charge >= 0.3 is 0 Å². The molecule has 0 aromatic heterocycles. The standard InChI is InChI=1S/C9H19N.C4H10/c1-2-3-7-10-8-5-4-6-9-10;1-3-4-2/h2-9H2,1H3;3-4H2,1-2H3. The van der Waals surface area contributed by atoms with Gasteiger partial charge in [-0.3, -0.25) is 0 Å². The normalized spacial score (nSPS) is 17.4. The first-order valence-electron chi connectivity index (χ1n) is 6.57. The zero-order valence-electron chi connectivity index (χ0n) is 10.5. The highest BCUT2D eigenvalue weighted by Crippen LogP contribution is 2.08. The van der Waals surface area contributed by atoms with E-state index < -0.39 is 0 Å². The van der Waals surface area contributed by atoms with Crippen LogP contribution in [0.1, 0.15) is 65.7 Å². The number of nitrogens with zero attached hydrogens (tertiary/aromatic N) is 1. The number of hydrogen-bond donors (Lipinski definition) is 0. The van der Waals surface area contributed by atoms with Gasteiger partial charge in [0.1, 0.15) is 0 Å². The quantitative estimate of drug-likeness (QED) is 0.659. The highest BCUT2D eigenvalue weighted by atomic mass is 15.1. The minimum Gasteiger partial charge on any atom is -0.303 e. The first-order valence-corrected chi connectivity index (χ1v) is 6.57. The van der Waals surface area contributed by atoms with Crippen molar-refractivity contribution in [1.29, 1.82) is 0 Å². The topological polar surface area (TPSA) is 3.24 Å². The molecule has 0 amide bonds. The fourth-order valence-corrected chi connectivity index (χ4v) is 1.56. The van der Waals surface area contributed by atoms with Gasteiger partial charge < -0.3 is 4.90 Å². The van der Waals surface area contributed by atoms with E-state index in [4.69, 9.17) is 0 Å². The van der Waals surface area contributed by atoms with E-state index >= 15 is 0 Å². The molecule has 0 radical (unpaired) electrons. The van der Waals surface area contributed by atoms with Crippen LogP contribution < -0.4 is 0 Å². The molecule has 0 atom stereocenters. The van der Waals surface area contributed by atoms with E-state index in [-0.39, 0.29) is 0 Å². The van der Waals surface area contributed by atoms with E-state index in [0.717, 1.165) is 0 Å². The van der Waals surface area contributed by atoms with Crippen molar-refractivity contribution in [3.63, 3.8) is 0 Å². The predicted molar refractivity (Wildman–Crippen MR) is 65.8 cm³/mol. The van der Waals surface area contributed by atoms with Crippen LogP contribution in [0.15, 0.2) is 0 Å².